The molecule has 1 amide bonds. The molecule has 0 aliphatic carbocycles. The fraction of sp³-hybridized carbons (Fsp3) is 0.308. The Bertz CT molecular complexity index is 1370. The first kappa shape index (κ1) is 22.5. The van der Waals surface area contributed by atoms with Gasteiger partial charge in [0.25, 0.3) is 5.56 Å². The zero-order valence-corrected chi connectivity index (χ0v) is 19.6. The average Bonchev–Trinajstić information content (AvgIpc) is 3.26. The highest BCUT2D eigenvalue weighted by molar-refractivity contribution is 5.91. The summed E-state index contributed by atoms with van der Waals surface area (Å²) in [7, 11) is 0. The van der Waals surface area contributed by atoms with Gasteiger partial charge in [0, 0.05) is 22.5 Å². The Kier molecular flexibility index (Phi) is 6.40. The van der Waals surface area contributed by atoms with Crippen molar-refractivity contribution in [3.8, 4) is 11.4 Å². The summed E-state index contributed by atoms with van der Waals surface area (Å²) < 4.78 is 3.14. The Morgan fingerprint density at radius 3 is 2.52 bits per heavy atom. The second kappa shape index (κ2) is 9.40. The fourth-order valence-corrected chi connectivity index (χ4v) is 3.97. The van der Waals surface area contributed by atoms with Gasteiger partial charge in [-0.3, -0.25) is 9.59 Å². The minimum atomic E-state index is -0.178. The quantitative estimate of drug-likeness (QED) is 0.457. The number of fused-ring (bicyclic) bond motifs is 1. The zero-order valence-electron chi connectivity index (χ0n) is 19.6. The monoisotopic (exact) mass is 443 g/mol. The summed E-state index contributed by atoms with van der Waals surface area (Å²) >= 11 is 0. The first-order valence-corrected chi connectivity index (χ1v) is 11.3. The van der Waals surface area contributed by atoms with Crippen LogP contribution in [0, 0.1) is 20.8 Å². The highest BCUT2D eigenvalue weighted by atomic mass is 16.2. The Morgan fingerprint density at radius 2 is 1.79 bits per heavy atom. The molecule has 0 unspecified atom stereocenters. The van der Waals surface area contributed by atoms with Crippen LogP contribution >= 0.6 is 0 Å². The van der Waals surface area contributed by atoms with Gasteiger partial charge in [0.1, 0.15) is 6.54 Å². The van der Waals surface area contributed by atoms with E-state index in [0.29, 0.717) is 23.6 Å². The molecule has 4 aromatic rings. The van der Waals surface area contributed by atoms with Crippen molar-refractivity contribution in [2.45, 2.75) is 53.5 Å². The number of nitrogens with one attached hydrogen (secondary N) is 1. The molecule has 0 aliphatic rings. The minimum absolute atomic E-state index is 0.0367. The van der Waals surface area contributed by atoms with Crippen molar-refractivity contribution in [3.63, 3.8) is 0 Å². The van der Waals surface area contributed by atoms with Gasteiger partial charge in [0.15, 0.2) is 5.82 Å². The van der Waals surface area contributed by atoms with E-state index in [9.17, 15) is 9.59 Å². The van der Waals surface area contributed by atoms with Crippen LogP contribution in [-0.4, -0.2) is 25.1 Å². The van der Waals surface area contributed by atoms with Crippen LogP contribution in [0.2, 0.25) is 0 Å². The first-order chi connectivity index (χ1) is 15.9. The Morgan fingerprint density at radius 1 is 1.03 bits per heavy atom. The largest absolute Gasteiger partial charge is 0.324 e. The molecular formula is C26H29N5O2. The standard InChI is InChI=1S/C26H29N5O2/c1-5-6-14-21-19(4)30(16-23(32)27-22-15-10-11-17(2)18(22)3)26-28-24(29-31(26)25(21)33)20-12-8-7-9-13-20/h7-13,15H,5-6,14,16H2,1-4H3,(H,27,32). The maximum atomic E-state index is 13.3. The van der Waals surface area contributed by atoms with Gasteiger partial charge in [-0.2, -0.15) is 9.50 Å². The number of hydrogen-bond donors (Lipinski definition) is 1. The van der Waals surface area contributed by atoms with Crippen molar-refractivity contribution >= 4 is 17.4 Å². The van der Waals surface area contributed by atoms with Crippen LogP contribution in [0.25, 0.3) is 17.2 Å². The second-order valence-corrected chi connectivity index (χ2v) is 8.37. The van der Waals surface area contributed by atoms with E-state index in [2.05, 4.69) is 22.3 Å². The Balaban J connectivity index is 1.79. The predicted octanol–water partition coefficient (Wildman–Crippen LogP) is 4.46. The highest BCUT2D eigenvalue weighted by Gasteiger charge is 2.20. The molecule has 0 atom stereocenters. The molecule has 0 bridgehead atoms. The van der Waals surface area contributed by atoms with E-state index in [4.69, 9.17) is 0 Å². The molecule has 0 saturated carbocycles. The molecule has 4 rings (SSSR count). The third kappa shape index (κ3) is 4.44. The van der Waals surface area contributed by atoms with Gasteiger partial charge < -0.3 is 9.88 Å². The van der Waals surface area contributed by atoms with Gasteiger partial charge in [-0.15, -0.1) is 5.10 Å². The first-order valence-electron chi connectivity index (χ1n) is 11.3. The molecule has 0 spiro atoms. The van der Waals surface area contributed by atoms with Crippen molar-refractivity contribution in [1.82, 2.24) is 19.2 Å². The fourth-order valence-electron chi connectivity index (χ4n) is 3.97. The van der Waals surface area contributed by atoms with Gasteiger partial charge in [-0.05, 0) is 50.8 Å². The minimum Gasteiger partial charge on any atom is -0.324 e. The van der Waals surface area contributed by atoms with Gasteiger partial charge >= 0.3 is 0 Å². The number of rotatable bonds is 7. The molecule has 0 fully saturated rings. The number of unbranched alkanes of at least 4 members (excludes halogenated alkanes) is 1. The maximum absolute atomic E-state index is 13.3. The van der Waals surface area contributed by atoms with Crippen molar-refractivity contribution < 1.29 is 4.79 Å². The summed E-state index contributed by atoms with van der Waals surface area (Å²) in [6, 6.07) is 15.4. The van der Waals surface area contributed by atoms with Gasteiger partial charge in [0.2, 0.25) is 11.7 Å². The lowest BCUT2D eigenvalue weighted by molar-refractivity contribution is -0.116. The number of amides is 1. The molecule has 33 heavy (non-hydrogen) atoms. The van der Waals surface area contributed by atoms with Crippen LogP contribution in [0.4, 0.5) is 5.69 Å². The molecule has 0 radical (unpaired) electrons. The van der Waals surface area contributed by atoms with Crippen LogP contribution in [0.3, 0.4) is 0 Å². The van der Waals surface area contributed by atoms with Crippen molar-refractivity contribution in [2.75, 3.05) is 5.32 Å². The second-order valence-electron chi connectivity index (χ2n) is 8.37. The van der Waals surface area contributed by atoms with Crippen LogP contribution in [0.5, 0.6) is 0 Å². The van der Waals surface area contributed by atoms with E-state index in [1.165, 1.54) is 4.52 Å². The lowest BCUT2D eigenvalue weighted by Gasteiger charge is -2.16. The smallest absolute Gasteiger partial charge is 0.279 e. The molecule has 1 N–H and O–H groups in total. The Hall–Kier alpha value is -3.74. The SMILES string of the molecule is CCCCc1c(C)n(CC(=O)Nc2cccc(C)c2C)c2nc(-c3ccccc3)nn2c1=O. The van der Waals surface area contributed by atoms with Crippen molar-refractivity contribution in [2.24, 2.45) is 0 Å². The molecule has 0 saturated heterocycles. The molecule has 7 nitrogen and oxygen atoms in total. The summed E-state index contributed by atoms with van der Waals surface area (Å²) in [5.74, 6) is 0.652. The number of aryl methyl sites for hydroxylation is 1. The van der Waals surface area contributed by atoms with Gasteiger partial charge in [-0.25, -0.2) is 0 Å². The van der Waals surface area contributed by atoms with Crippen LogP contribution in [0.1, 0.15) is 42.1 Å². The molecule has 2 aromatic heterocycles. The number of aromatic nitrogens is 4. The van der Waals surface area contributed by atoms with Crippen LogP contribution in [-0.2, 0) is 17.8 Å². The van der Waals surface area contributed by atoms with Crippen LogP contribution in [0.15, 0.2) is 53.3 Å². The lowest BCUT2D eigenvalue weighted by Crippen LogP contribution is -2.29. The van der Waals surface area contributed by atoms with Crippen LogP contribution < -0.4 is 10.9 Å². The number of carbonyl (C=O) groups excluding carboxylic acids is 1. The third-order valence-corrected chi connectivity index (χ3v) is 6.12. The van der Waals surface area contributed by atoms with Gasteiger partial charge in [-0.1, -0.05) is 55.8 Å². The highest BCUT2D eigenvalue weighted by Crippen LogP contribution is 2.20. The van der Waals surface area contributed by atoms with E-state index < -0.39 is 0 Å². The molecule has 170 valence electrons. The van der Waals surface area contributed by atoms with E-state index >= 15 is 0 Å². The summed E-state index contributed by atoms with van der Waals surface area (Å²) in [6.45, 7) is 8.01. The van der Waals surface area contributed by atoms with Gasteiger partial charge in [0.05, 0.1) is 0 Å². The zero-order chi connectivity index (χ0) is 23.5. The van der Waals surface area contributed by atoms with Crippen molar-refractivity contribution in [3.05, 3.63) is 81.3 Å². The summed E-state index contributed by atoms with van der Waals surface area (Å²) in [4.78, 5) is 31.0. The van der Waals surface area contributed by atoms with Crippen molar-refractivity contribution in [1.29, 1.82) is 0 Å². The summed E-state index contributed by atoms with van der Waals surface area (Å²) in [5, 5.41) is 7.52. The molecule has 2 aromatic carbocycles. The lowest BCUT2D eigenvalue weighted by atomic mass is 10.1. The molecular weight excluding hydrogens is 414 g/mol. The molecule has 7 heteroatoms. The maximum Gasteiger partial charge on any atom is 0.279 e. The molecule has 2 heterocycles. The number of benzene rings is 2. The summed E-state index contributed by atoms with van der Waals surface area (Å²) in [5.41, 5.74) is 5.01. The topological polar surface area (TPSA) is 81.3 Å². The number of anilines is 1. The van der Waals surface area contributed by atoms with E-state index in [-0.39, 0.29) is 18.0 Å². The molecule has 0 aliphatic heterocycles. The van der Waals surface area contributed by atoms with E-state index in [1.807, 2.05) is 69.3 Å². The average molecular weight is 444 g/mol. The summed E-state index contributed by atoms with van der Waals surface area (Å²) in [6.07, 6.45) is 2.49. The predicted molar refractivity (Wildman–Crippen MR) is 131 cm³/mol. The Labute approximate surface area is 193 Å². The van der Waals surface area contributed by atoms with E-state index in [1.54, 1.807) is 4.57 Å². The number of carbonyl (C=O) groups is 1. The third-order valence-electron chi connectivity index (χ3n) is 6.12. The number of nitrogens with zero attached hydrogens (tertiary/aromatic N) is 4. The normalized spacial score (nSPS) is 11.2. The number of hydrogen-bond acceptors (Lipinski definition) is 4. The van der Waals surface area contributed by atoms with E-state index in [0.717, 1.165) is 40.9 Å².